The molecule has 0 aliphatic rings. The lowest BCUT2D eigenvalue weighted by Crippen LogP contribution is -2.15. The van der Waals surface area contributed by atoms with Crippen LogP contribution in [0.15, 0.2) is 30.9 Å². The fourth-order valence-corrected chi connectivity index (χ4v) is 1.43. The summed E-state index contributed by atoms with van der Waals surface area (Å²) in [6.45, 7) is 3.65. The van der Waals surface area contributed by atoms with Crippen molar-refractivity contribution >= 4 is 11.6 Å². The molecular formula is C11H13ClFN. The van der Waals surface area contributed by atoms with Crippen molar-refractivity contribution in [1.29, 1.82) is 0 Å². The molecule has 0 aromatic heterocycles. The van der Waals surface area contributed by atoms with E-state index in [1.807, 2.05) is 13.1 Å². The van der Waals surface area contributed by atoms with Crippen molar-refractivity contribution in [2.24, 2.45) is 0 Å². The van der Waals surface area contributed by atoms with Crippen LogP contribution in [0.25, 0.3) is 0 Å². The van der Waals surface area contributed by atoms with Crippen LogP contribution in [-0.2, 0) is 0 Å². The summed E-state index contributed by atoms with van der Waals surface area (Å²) in [6.07, 6.45) is 2.56. The molecule has 0 aliphatic carbocycles. The van der Waals surface area contributed by atoms with Crippen LogP contribution >= 0.6 is 11.6 Å². The number of hydrogen-bond donors (Lipinski definition) is 1. The number of benzene rings is 1. The third kappa shape index (κ3) is 2.56. The Bertz CT molecular complexity index is 325. The molecule has 1 N–H and O–H groups in total. The zero-order valence-corrected chi connectivity index (χ0v) is 8.81. The summed E-state index contributed by atoms with van der Waals surface area (Å²) in [7, 11) is 1.83. The third-order valence-electron chi connectivity index (χ3n) is 2.10. The van der Waals surface area contributed by atoms with Crippen LogP contribution in [0.4, 0.5) is 4.39 Å². The Labute approximate surface area is 88.6 Å². The molecule has 0 heterocycles. The molecule has 1 nitrogen and oxygen atoms in total. The second-order valence-corrected chi connectivity index (χ2v) is 3.45. The molecule has 0 radical (unpaired) electrons. The average molecular weight is 214 g/mol. The van der Waals surface area contributed by atoms with Gasteiger partial charge in [0.1, 0.15) is 5.82 Å². The lowest BCUT2D eigenvalue weighted by Gasteiger charge is -2.14. The van der Waals surface area contributed by atoms with Gasteiger partial charge in [0, 0.05) is 6.04 Å². The number of hydrogen-bond acceptors (Lipinski definition) is 1. The summed E-state index contributed by atoms with van der Waals surface area (Å²) in [6, 6.07) is 4.93. The second-order valence-electron chi connectivity index (χ2n) is 3.04. The molecule has 0 saturated carbocycles. The summed E-state index contributed by atoms with van der Waals surface area (Å²) in [5, 5.41) is 3.24. The Kier molecular flexibility index (Phi) is 4.11. The van der Waals surface area contributed by atoms with E-state index in [1.54, 1.807) is 12.1 Å². The largest absolute Gasteiger partial charge is 0.313 e. The van der Waals surface area contributed by atoms with E-state index in [0.717, 1.165) is 12.0 Å². The van der Waals surface area contributed by atoms with Gasteiger partial charge in [0.2, 0.25) is 0 Å². The Morgan fingerprint density at radius 3 is 2.86 bits per heavy atom. The summed E-state index contributed by atoms with van der Waals surface area (Å²) in [5.41, 5.74) is 0.884. The zero-order valence-electron chi connectivity index (χ0n) is 8.06. The van der Waals surface area contributed by atoms with Crippen molar-refractivity contribution in [3.63, 3.8) is 0 Å². The molecule has 14 heavy (non-hydrogen) atoms. The molecule has 0 amide bonds. The minimum absolute atomic E-state index is 0.0965. The predicted molar refractivity (Wildman–Crippen MR) is 58.0 cm³/mol. The molecule has 0 spiro atoms. The van der Waals surface area contributed by atoms with Crippen molar-refractivity contribution in [1.82, 2.24) is 5.32 Å². The van der Waals surface area contributed by atoms with Crippen molar-refractivity contribution in [2.75, 3.05) is 7.05 Å². The van der Waals surface area contributed by atoms with Gasteiger partial charge in [-0.25, -0.2) is 4.39 Å². The quantitative estimate of drug-likeness (QED) is 0.757. The molecule has 0 bridgehead atoms. The van der Waals surface area contributed by atoms with Crippen LogP contribution in [0.3, 0.4) is 0 Å². The van der Waals surface area contributed by atoms with Crippen LogP contribution in [0, 0.1) is 5.82 Å². The van der Waals surface area contributed by atoms with E-state index >= 15 is 0 Å². The highest BCUT2D eigenvalue weighted by molar-refractivity contribution is 6.30. The van der Waals surface area contributed by atoms with Crippen molar-refractivity contribution < 1.29 is 4.39 Å². The molecule has 0 fully saturated rings. The van der Waals surface area contributed by atoms with E-state index in [-0.39, 0.29) is 16.9 Å². The normalized spacial score (nSPS) is 12.5. The van der Waals surface area contributed by atoms with Gasteiger partial charge < -0.3 is 5.32 Å². The van der Waals surface area contributed by atoms with E-state index in [9.17, 15) is 4.39 Å². The van der Waals surface area contributed by atoms with Crippen LogP contribution in [0.5, 0.6) is 0 Å². The van der Waals surface area contributed by atoms with Crippen LogP contribution in [0.1, 0.15) is 18.0 Å². The minimum atomic E-state index is -0.381. The van der Waals surface area contributed by atoms with Gasteiger partial charge in [0.25, 0.3) is 0 Å². The van der Waals surface area contributed by atoms with E-state index in [4.69, 9.17) is 11.6 Å². The SMILES string of the molecule is C=CCC(NC)c1ccc(Cl)c(F)c1. The molecule has 1 aromatic rings. The Morgan fingerprint density at radius 1 is 1.64 bits per heavy atom. The first-order chi connectivity index (χ1) is 6.69. The molecule has 1 rings (SSSR count). The van der Waals surface area contributed by atoms with Crippen LogP contribution < -0.4 is 5.32 Å². The first-order valence-corrected chi connectivity index (χ1v) is 4.80. The van der Waals surface area contributed by atoms with Gasteiger partial charge in [-0.15, -0.1) is 6.58 Å². The molecule has 1 atom stereocenters. The first-order valence-electron chi connectivity index (χ1n) is 4.42. The Hall–Kier alpha value is -0.860. The fourth-order valence-electron chi connectivity index (χ4n) is 1.32. The second kappa shape index (κ2) is 5.13. The first kappa shape index (κ1) is 11.2. The monoisotopic (exact) mass is 213 g/mol. The molecule has 1 aromatic carbocycles. The summed E-state index contributed by atoms with van der Waals surface area (Å²) >= 11 is 5.59. The van der Waals surface area contributed by atoms with Crippen molar-refractivity contribution in [2.45, 2.75) is 12.5 Å². The van der Waals surface area contributed by atoms with Crippen molar-refractivity contribution in [3.05, 3.63) is 47.3 Å². The van der Waals surface area contributed by atoms with Gasteiger partial charge in [-0.2, -0.15) is 0 Å². The molecule has 1 unspecified atom stereocenters. The van der Waals surface area contributed by atoms with E-state index in [0.29, 0.717) is 0 Å². The fraction of sp³-hybridized carbons (Fsp3) is 0.273. The Morgan fingerprint density at radius 2 is 2.36 bits per heavy atom. The number of nitrogens with one attached hydrogen (secondary N) is 1. The molecular weight excluding hydrogens is 201 g/mol. The maximum atomic E-state index is 13.1. The maximum absolute atomic E-state index is 13.1. The third-order valence-corrected chi connectivity index (χ3v) is 2.40. The summed E-state index contributed by atoms with van der Waals surface area (Å²) in [4.78, 5) is 0. The van der Waals surface area contributed by atoms with Gasteiger partial charge in [0.05, 0.1) is 5.02 Å². The lowest BCUT2D eigenvalue weighted by atomic mass is 10.0. The van der Waals surface area contributed by atoms with Crippen molar-refractivity contribution in [3.8, 4) is 0 Å². The van der Waals surface area contributed by atoms with Crippen LogP contribution in [-0.4, -0.2) is 7.05 Å². The van der Waals surface area contributed by atoms with Gasteiger partial charge in [-0.1, -0.05) is 23.7 Å². The predicted octanol–water partition coefficient (Wildman–Crippen LogP) is 3.32. The molecule has 3 heteroatoms. The van der Waals surface area contributed by atoms with Crippen LogP contribution in [0.2, 0.25) is 5.02 Å². The lowest BCUT2D eigenvalue weighted by molar-refractivity contribution is 0.586. The summed E-state index contributed by atoms with van der Waals surface area (Å²) < 4.78 is 13.1. The highest BCUT2D eigenvalue weighted by Gasteiger charge is 2.09. The van der Waals surface area contributed by atoms with Gasteiger partial charge in [-0.3, -0.25) is 0 Å². The topological polar surface area (TPSA) is 12.0 Å². The average Bonchev–Trinajstić information content (AvgIpc) is 2.19. The number of rotatable bonds is 4. The van der Waals surface area contributed by atoms with Gasteiger partial charge >= 0.3 is 0 Å². The number of halogens is 2. The van der Waals surface area contributed by atoms with E-state index in [1.165, 1.54) is 6.07 Å². The highest BCUT2D eigenvalue weighted by Crippen LogP contribution is 2.22. The standard InChI is InChI=1S/C11H13ClFN/c1-3-4-11(14-2)8-5-6-9(12)10(13)7-8/h3,5-7,11,14H,1,4H2,2H3. The molecule has 76 valence electrons. The van der Waals surface area contributed by atoms with E-state index < -0.39 is 0 Å². The van der Waals surface area contributed by atoms with E-state index in [2.05, 4.69) is 11.9 Å². The zero-order chi connectivity index (χ0) is 10.6. The minimum Gasteiger partial charge on any atom is -0.313 e. The maximum Gasteiger partial charge on any atom is 0.142 e. The molecule has 0 saturated heterocycles. The smallest absolute Gasteiger partial charge is 0.142 e. The summed E-state index contributed by atoms with van der Waals surface area (Å²) in [5.74, 6) is -0.381. The molecule has 0 aliphatic heterocycles. The van der Waals surface area contributed by atoms with Gasteiger partial charge in [-0.05, 0) is 31.2 Å². The highest BCUT2D eigenvalue weighted by atomic mass is 35.5. The Balaban J connectivity index is 2.93. The van der Waals surface area contributed by atoms with Gasteiger partial charge in [0.15, 0.2) is 0 Å².